The number of fused-ring (bicyclic) bond motifs is 1. The molecule has 0 saturated heterocycles. The van der Waals surface area contributed by atoms with E-state index in [-0.39, 0.29) is 18.0 Å². The molecule has 0 unspecified atom stereocenters. The molecule has 2 aromatic heterocycles. The fourth-order valence-corrected chi connectivity index (χ4v) is 3.18. The van der Waals surface area contributed by atoms with E-state index < -0.39 is 0 Å². The Bertz CT molecular complexity index is 1180. The van der Waals surface area contributed by atoms with Crippen molar-refractivity contribution in [3.05, 3.63) is 106 Å². The number of carbonyl (C=O) groups is 1. The van der Waals surface area contributed by atoms with E-state index in [2.05, 4.69) is 9.97 Å². The molecule has 5 nitrogen and oxygen atoms in total. The van der Waals surface area contributed by atoms with Crippen LogP contribution in [-0.2, 0) is 6.54 Å². The summed E-state index contributed by atoms with van der Waals surface area (Å²) in [4.78, 5) is 34.4. The van der Waals surface area contributed by atoms with Gasteiger partial charge in [0.2, 0.25) is 0 Å². The van der Waals surface area contributed by atoms with E-state index in [1.165, 1.54) is 6.20 Å². The summed E-state index contributed by atoms with van der Waals surface area (Å²) in [6.45, 7) is 2.15. The molecule has 0 atom stereocenters. The zero-order valence-corrected chi connectivity index (χ0v) is 15.4. The second-order valence-electron chi connectivity index (χ2n) is 6.68. The normalized spacial score (nSPS) is 10.8. The molecule has 28 heavy (non-hydrogen) atoms. The average Bonchev–Trinajstić information content (AvgIpc) is 2.73. The molecular formula is C23H19N3O2. The van der Waals surface area contributed by atoms with Gasteiger partial charge in [-0.3, -0.25) is 14.6 Å². The summed E-state index contributed by atoms with van der Waals surface area (Å²) in [5, 5.41) is 0.932. The van der Waals surface area contributed by atoms with Crippen LogP contribution in [0.1, 0.15) is 21.5 Å². The fraction of sp³-hybridized carbons (Fsp3) is 0.0870. The Morgan fingerprint density at radius 1 is 1.04 bits per heavy atom. The van der Waals surface area contributed by atoms with Gasteiger partial charge in [0, 0.05) is 29.2 Å². The number of aryl methyl sites for hydroxylation is 1. The molecule has 0 bridgehead atoms. The molecule has 4 rings (SSSR count). The van der Waals surface area contributed by atoms with Gasteiger partial charge in [-0.25, -0.2) is 0 Å². The number of nitrogens with zero attached hydrogens (tertiary/aromatic N) is 2. The Morgan fingerprint density at radius 2 is 1.86 bits per heavy atom. The molecule has 1 amide bonds. The Hall–Kier alpha value is -3.73. The SMILES string of the molecule is Cc1ccc2cc(CN(C(=O)c3cccnc3)c3ccccc3)c(=O)[nH]c2c1. The maximum Gasteiger partial charge on any atom is 0.260 e. The third-order valence-corrected chi connectivity index (χ3v) is 4.63. The second kappa shape index (κ2) is 7.48. The van der Waals surface area contributed by atoms with Crippen molar-refractivity contribution in [3.63, 3.8) is 0 Å². The maximum atomic E-state index is 13.1. The minimum Gasteiger partial charge on any atom is -0.322 e. The summed E-state index contributed by atoms with van der Waals surface area (Å²) in [5.74, 6) is -0.206. The van der Waals surface area contributed by atoms with Gasteiger partial charge in [-0.15, -0.1) is 0 Å². The Balaban J connectivity index is 1.77. The monoisotopic (exact) mass is 369 g/mol. The summed E-state index contributed by atoms with van der Waals surface area (Å²) in [5.41, 5.74) is 3.39. The van der Waals surface area contributed by atoms with Gasteiger partial charge in [-0.05, 0) is 54.3 Å². The predicted octanol–water partition coefficient (Wildman–Crippen LogP) is 4.08. The first-order valence-electron chi connectivity index (χ1n) is 9.01. The zero-order chi connectivity index (χ0) is 19.5. The number of anilines is 1. The van der Waals surface area contributed by atoms with Crippen LogP contribution < -0.4 is 10.5 Å². The molecule has 1 N–H and O–H groups in total. The number of benzene rings is 2. The zero-order valence-electron chi connectivity index (χ0n) is 15.4. The number of aromatic nitrogens is 2. The van der Waals surface area contributed by atoms with Crippen molar-refractivity contribution in [2.75, 3.05) is 4.90 Å². The summed E-state index contributed by atoms with van der Waals surface area (Å²) in [6, 6.07) is 20.5. The van der Waals surface area contributed by atoms with Crippen LogP contribution in [0.4, 0.5) is 5.69 Å². The van der Waals surface area contributed by atoms with E-state index in [0.29, 0.717) is 11.1 Å². The number of para-hydroxylation sites is 1. The lowest BCUT2D eigenvalue weighted by molar-refractivity contribution is 0.0984. The number of rotatable bonds is 4. The second-order valence-corrected chi connectivity index (χ2v) is 6.68. The molecule has 4 aromatic rings. The minimum absolute atomic E-state index is 0.164. The van der Waals surface area contributed by atoms with Crippen LogP contribution in [0.3, 0.4) is 0 Å². The van der Waals surface area contributed by atoms with Gasteiger partial charge in [-0.1, -0.05) is 30.3 Å². The number of pyridine rings is 2. The lowest BCUT2D eigenvalue weighted by Crippen LogP contribution is -2.32. The van der Waals surface area contributed by atoms with E-state index in [9.17, 15) is 9.59 Å². The van der Waals surface area contributed by atoms with Crippen molar-refractivity contribution in [2.24, 2.45) is 0 Å². The molecule has 0 radical (unpaired) electrons. The summed E-state index contributed by atoms with van der Waals surface area (Å²) in [7, 11) is 0. The van der Waals surface area contributed by atoms with Crippen molar-refractivity contribution in [1.29, 1.82) is 0 Å². The summed E-state index contributed by atoms with van der Waals surface area (Å²) >= 11 is 0. The Kier molecular flexibility index (Phi) is 4.72. The molecule has 138 valence electrons. The molecule has 0 aliphatic carbocycles. The number of H-pyrrole nitrogens is 1. The van der Waals surface area contributed by atoms with Crippen molar-refractivity contribution < 1.29 is 4.79 Å². The molecule has 5 heteroatoms. The molecule has 2 heterocycles. The van der Waals surface area contributed by atoms with Gasteiger partial charge in [0.15, 0.2) is 0 Å². The van der Waals surface area contributed by atoms with Gasteiger partial charge < -0.3 is 9.88 Å². The van der Waals surface area contributed by atoms with Crippen LogP contribution >= 0.6 is 0 Å². The molecule has 0 saturated carbocycles. The third-order valence-electron chi connectivity index (χ3n) is 4.63. The third kappa shape index (κ3) is 3.55. The number of nitrogens with one attached hydrogen (secondary N) is 1. The largest absolute Gasteiger partial charge is 0.322 e. The van der Waals surface area contributed by atoms with E-state index >= 15 is 0 Å². The first kappa shape index (κ1) is 17.7. The van der Waals surface area contributed by atoms with Gasteiger partial charge in [0.1, 0.15) is 0 Å². The van der Waals surface area contributed by atoms with Crippen LogP contribution in [-0.4, -0.2) is 15.9 Å². The van der Waals surface area contributed by atoms with E-state index in [4.69, 9.17) is 0 Å². The molecule has 0 aliphatic heterocycles. The van der Waals surface area contributed by atoms with Crippen molar-refractivity contribution in [2.45, 2.75) is 13.5 Å². The van der Waals surface area contributed by atoms with Gasteiger partial charge in [0.25, 0.3) is 11.5 Å². The first-order chi connectivity index (χ1) is 13.6. The average molecular weight is 369 g/mol. The minimum atomic E-state index is -0.206. The molecular weight excluding hydrogens is 350 g/mol. The maximum absolute atomic E-state index is 13.1. The number of amides is 1. The highest BCUT2D eigenvalue weighted by molar-refractivity contribution is 6.05. The topological polar surface area (TPSA) is 66.1 Å². The van der Waals surface area contributed by atoms with Crippen molar-refractivity contribution in [1.82, 2.24) is 9.97 Å². The fourth-order valence-electron chi connectivity index (χ4n) is 3.18. The summed E-state index contributed by atoms with van der Waals surface area (Å²) < 4.78 is 0. The smallest absolute Gasteiger partial charge is 0.260 e. The molecule has 0 fully saturated rings. The van der Waals surface area contributed by atoms with Crippen LogP contribution in [0, 0.1) is 6.92 Å². The lowest BCUT2D eigenvalue weighted by atomic mass is 10.1. The highest BCUT2D eigenvalue weighted by atomic mass is 16.2. The highest BCUT2D eigenvalue weighted by Crippen LogP contribution is 2.20. The standard InChI is InChI=1S/C23H19N3O2/c1-16-9-10-17-13-19(22(27)25-21(17)12-16)15-26(20-7-3-2-4-8-20)23(28)18-6-5-11-24-14-18/h2-14H,15H2,1H3,(H,25,27). The van der Waals surface area contributed by atoms with Gasteiger partial charge >= 0.3 is 0 Å². The number of carbonyl (C=O) groups excluding carboxylic acids is 1. The van der Waals surface area contributed by atoms with Crippen LogP contribution in [0.5, 0.6) is 0 Å². The van der Waals surface area contributed by atoms with E-state index in [1.807, 2.05) is 61.5 Å². The highest BCUT2D eigenvalue weighted by Gasteiger charge is 2.19. The van der Waals surface area contributed by atoms with E-state index in [0.717, 1.165) is 22.2 Å². The quantitative estimate of drug-likeness (QED) is 0.589. The number of aromatic amines is 1. The Labute approximate surface area is 162 Å². The lowest BCUT2D eigenvalue weighted by Gasteiger charge is -2.23. The van der Waals surface area contributed by atoms with Crippen LogP contribution in [0.15, 0.2) is 83.9 Å². The number of hydrogen-bond donors (Lipinski definition) is 1. The van der Waals surface area contributed by atoms with E-state index in [1.54, 1.807) is 23.2 Å². The van der Waals surface area contributed by atoms with Crippen molar-refractivity contribution in [3.8, 4) is 0 Å². The number of hydrogen-bond acceptors (Lipinski definition) is 3. The first-order valence-corrected chi connectivity index (χ1v) is 9.01. The Morgan fingerprint density at radius 3 is 2.61 bits per heavy atom. The summed E-state index contributed by atoms with van der Waals surface area (Å²) in [6.07, 6.45) is 3.16. The molecule has 2 aromatic carbocycles. The van der Waals surface area contributed by atoms with Crippen LogP contribution in [0.2, 0.25) is 0 Å². The van der Waals surface area contributed by atoms with Gasteiger partial charge in [-0.2, -0.15) is 0 Å². The predicted molar refractivity (Wildman–Crippen MR) is 110 cm³/mol. The molecule has 0 aliphatic rings. The van der Waals surface area contributed by atoms with Gasteiger partial charge in [0.05, 0.1) is 12.1 Å². The van der Waals surface area contributed by atoms with Crippen molar-refractivity contribution >= 4 is 22.5 Å². The van der Waals surface area contributed by atoms with Crippen LogP contribution in [0.25, 0.3) is 10.9 Å². The molecule has 0 spiro atoms.